The first-order valence-electron chi connectivity index (χ1n) is 7.46. The molecule has 4 heteroatoms. The summed E-state index contributed by atoms with van der Waals surface area (Å²) in [5.74, 6) is -0.946. The lowest BCUT2D eigenvalue weighted by Gasteiger charge is -2.33. The Morgan fingerprint density at radius 3 is 2.29 bits per heavy atom. The standard InChI is InChI=1S/C17H23NO3/c1-16(2,12-14(19)20)18-15(21)17(10-6-7-11-17)13-8-4-3-5-9-13/h3-5,8-9H,6-7,10-12H2,1-2H3,(H,18,21)(H,19,20). The van der Waals surface area contributed by atoms with E-state index in [0.29, 0.717) is 0 Å². The third-order valence-corrected chi connectivity index (χ3v) is 4.26. The van der Waals surface area contributed by atoms with Crippen molar-refractivity contribution in [3.8, 4) is 0 Å². The van der Waals surface area contributed by atoms with E-state index in [1.165, 1.54) is 0 Å². The molecule has 1 fully saturated rings. The van der Waals surface area contributed by atoms with Crippen molar-refractivity contribution in [3.63, 3.8) is 0 Å². The maximum atomic E-state index is 12.9. The average molecular weight is 289 g/mol. The number of aliphatic carboxylic acids is 1. The van der Waals surface area contributed by atoms with Gasteiger partial charge < -0.3 is 10.4 Å². The van der Waals surface area contributed by atoms with Gasteiger partial charge in [0.15, 0.2) is 0 Å². The molecule has 2 N–H and O–H groups in total. The highest BCUT2D eigenvalue weighted by Gasteiger charge is 2.44. The van der Waals surface area contributed by atoms with E-state index in [4.69, 9.17) is 5.11 Å². The summed E-state index contributed by atoms with van der Waals surface area (Å²) in [5, 5.41) is 11.9. The fraction of sp³-hybridized carbons (Fsp3) is 0.529. The molecule has 0 spiro atoms. The van der Waals surface area contributed by atoms with Crippen molar-refractivity contribution in [1.82, 2.24) is 5.32 Å². The first kappa shape index (κ1) is 15.5. The molecule has 1 amide bonds. The zero-order valence-electron chi connectivity index (χ0n) is 12.7. The van der Waals surface area contributed by atoms with Gasteiger partial charge in [-0.25, -0.2) is 0 Å². The van der Waals surface area contributed by atoms with E-state index in [-0.39, 0.29) is 12.3 Å². The minimum Gasteiger partial charge on any atom is -0.481 e. The van der Waals surface area contributed by atoms with Crippen molar-refractivity contribution < 1.29 is 14.7 Å². The summed E-state index contributed by atoms with van der Waals surface area (Å²) in [7, 11) is 0. The SMILES string of the molecule is CC(C)(CC(=O)O)NC(=O)C1(c2ccccc2)CCCC1. The molecular formula is C17H23NO3. The van der Waals surface area contributed by atoms with Gasteiger partial charge in [0.1, 0.15) is 0 Å². The summed E-state index contributed by atoms with van der Waals surface area (Å²) in [6, 6.07) is 9.83. The smallest absolute Gasteiger partial charge is 0.305 e. The number of carboxylic acids is 1. The summed E-state index contributed by atoms with van der Waals surface area (Å²) in [4.78, 5) is 23.8. The molecule has 2 rings (SSSR count). The van der Waals surface area contributed by atoms with E-state index in [2.05, 4.69) is 5.32 Å². The molecule has 1 aromatic rings. The van der Waals surface area contributed by atoms with Gasteiger partial charge in [0.25, 0.3) is 0 Å². The first-order chi connectivity index (χ1) is 9.86. The van der Waals surface area contributed by atoms with Crippen molar-refractivity contribution in [3.05, 3.63) is 35.9 Å². The Balaban J connectivity index is 2.23. The van der Waals surface area contributed by atoms with Crippen LogP contribution in [0.3, 0.4) is 0 Å². The molecule has 0 aliphatic heterocycles. The number of carbonyl (C=O) groups is 2. The minimum absolute atomic E-state index is 0.0440. The van der Waals surface area contributed by atoms with Crippen LogP contribution >= 0.6 is 0 Å². The molecule has 1 saturated carbocycles. The fourth-order valence-electron chi connectivity index (χ4n) is 3.23. The van der Waals surface area contributed by atoms with Gasteiger partial charge >= 0.3 is 5.97 Å². The largest absolute Gasteiger partial charge is 0.481 e. The van der Waals surface area contributed by atoms with Crippen molar-refractivity contribution in [2.24, 2.45) is 0 Å². The second-order valence-electron chi connectivity index (χ2n) is 6.56. The van der Waals surface area contributed by atoms with E-state index in [0.717, 1.165) is 31.2 Å². The second-order valence-corrected chi connectivity index (χ2v) is 6.56. The number of hydrogen-bond donors (Lipinski definition) is 2. The summed E-state index contributed by atoms with van der Waals surface area (Å²) in [5.41, 5.74) is -0.212. The van der Waals surface area contributed by atoms with Crippen LogP contribution in [0.4, 0.5) is 0 Å². The Labute approximate surface area is 125 Å². The van der Waals surface area contributed by atoms with E-state index in [1.54, 1.807) is 13.8 Å². The van der Waals surface area contributed by atoms with Crippen LogP contribution < -0.4 is 5.32 Å². The highest BCUT2D eigenvalue weighted by Crippen LogP contribution is 2.41. The molecular weight excluding hydrogens is 266 g/mol. The van der Waals surface area contributed by atoms with Crippen molar-refractivity contribution >= 4 is 11.9 Å². The lowest BCUT2D eigenvalue weighted by Crippen LogP contribution is -2.52. The Kier molecular flexibility index (Phi) is 4.35. The number of amides is 1. The molecule has 0 heterocycles. The second kappa shape index (κ2) is 5.88. The molecule has 0 bridgehead atoms. The van der Waals surface area contributed by atoms with Crippen molar-refractivity contribution in [2.75, 3.05) is 0 Å². The minimum atomic E-state index is -0.902. The topological polar surface area (TPSA) is 66.4 Å². The monoisotopic (exact) mass is 289 g/mol. The Morgan fingerprint density at radius 1 is 1.19 bits per heavy atom. The van der Waals surface area contributed by atoms with Crippen LogP contribution in [0.1, 0.15) is 51.5 Å². The quantitative estimate of drug-likeness (QED) is 0.876. The zero-order chi connectivity index (χ0) is 15.5. The number of carbonyl (C=O) groups excluding carboxylic acids is 1. The van der Waals surface area contributed by atoms with Gasteiger partial charge in [0.2, 0.25) is 5.91 Å². The molecule has 1 aliphatic carbocycles. The molecule has 0 saturated heterocycles. The number of rotatable bonds is 5. The summed E-state index contributed by atoms with van der Waals surface area (Å²) in [6.07, 6.45) is 3.63. The van der Waals surface area contributed by atoms with Crippen LogP contribution in [0.15, 0.2) is 30.3 Å². The van der Waals surface area contributed by atoms with Gasteiger partial charge in [0, 0.05) is 5.54 Å². The Bertz CT molecular complexity index is 516. The predicted molar refractivity (Wildman–Crippen MR) is 81.1 cm³/mol. The molecule has 0 unspecified atom stereocenters. The number of benzene rings is 1. The molecule has 114 valence electrons. The molecule has 0 radical (unpaired) electrons. The molecule has 1 aromatic carbocycles. The third kappa shape index (κ3) is 3.43. The maximum Gasteiger partial charge on any atom is 0.305 e. The molecule has 0 atom stereocenters. The summed E-state index contributed by atoms with van der Waals surface area (Å²) < 4.78 is 0. The van der Waals surface area contributed by atoms with Crippen LogP contribution in [-0.2, 0) is 15.0 Å². The average Bonchev–Trinajstić information content (AvgIpc) is 2.88. The number of hydrogen-bond acceptors (Lipinski definition) is 2. The van der Waals surface area contributed by atoms with Gasteiger partial charge in [-0.05, 0) is 32.3 Å². The van der Waals surface area contributed by atoms with Crippen molar-refractivity contribution in [1.29, 1.82) is 0 Å². The molecule has 0 aromatic heterocycles. The van der Waals surface area contributed by atoms with Crippen molar-refractivity contribution in [2.45, 2.75) is 56.9 Å². The highest BCUT2D eigenvalue weighted by molar-refractivity contribution is 5.89. The molecule has 21 heavy (non-hydrogen) atoms. The van der Waals surface area contributed by atoms with Crippen LogP contribution in [0.2, 0.25) is 0 Å². The van der Waals surface area contributed by atoms with Gasteiger partial charge in [-0.3, -0.25) is 9.59 Å². The van der Waals surface area contributed by atoms with Gasteiger partial charge in [-0.2, -0.15) is 0 Å². The van der Waals surface area contributed by atoms with Crippen LogP contribution in [0.25, 0.3) is 0 Å². The van der Waals surface area contributed by atoms with Gasteiger partial charge in [0.05, 0.1) is 11.8 Å². The Morgan fingerprint density at radius 2 is 1.76 bits per heavy atom. The number of nitrogens with one attached hydrogen (secondary N) is 1. The lowest BCUT2D eigenvalue weighted by molar-refractivity contribution is -0.139. The predicted octanol–water partition coefficient (Wildman–Crippen LogP) is 2.87. The maximum absolute atomic E-state index is 12.9. The lowest BCUT2D eigenvalue weighted by atomic mass is 9.77. The first-order valence-corrected chi connectivity index (χ1v) is 7.46. The van der Waals surface area contributed by atoms with E-state index in [9.17, 15) is 9.59 Å². The van der Waals surface area contributed by atoms with Crippen LogP contribution in [0.5, 0.6) is 0 Å². The van der Waals surface area contributed by atoms with E-state index in [1.807, 2.05) is 30.3 Å². The van der Waals surface area contributed by atoms with Crippen LogP contribution in [0, 0.1) is 0 Å². The summed E-state index contributed by atoms with van der Waals surface area (Å²) >= 11 is 0. The normalized spacial score (nSPS) is 17.4. The van der Waals surface area contributed by atoms with E-state index < -0.39 is 16.9 Å². The zero-order valence-corrected chi connectivity index (χ0v) is 12.7. The third-order valence-electron chi connectivity index (χ3n) is 4.26. The molecule has 1 aliphatic rings. The fourth-order valence-corrected chi connectivity index (χ4v) is 3.23. The van der Waals surface area contributed by atoms with E-state index >= 15 is 0 Å². The van der Waals surface area contributed by atoms with Crippen LogP contribution in [-0.4, -0.2) is 22.5 Å². The highest BCUT2D eigenvalue weighted by atomic mass is 16.4. The number of carboxylic acid groups (broad SMARTS) is 1. The Hall–Kier alpha value is -1.84. The summed E-state index contributed by atoms with van der Waals surface area (Å²) in [6.45, 7) is 3.51. The van der Waals surface area contributed by atoms with Gasteiger partial charge in [-0.1, -0.05) is 43.2 Å². The van der Waals surface area contributed by atoms with Gasteiger partial charge in [-0.15, -0.1) is 0 Å². The molecule has 4 nitrogen and oxygen atoms in total.